The standard InChI is InChI=1S/C26H24ClN3O2S/c1-3-19-10-6-8-17(2)24(19)29-23(31)16-33-26-28-22-13-5-4-12-21(22)25(32)30(26)15-18-9-7-11-20(27)14-18/h4-14H,3,15-16H2,1-2H3,(H,29,31). The number of anilines is 1. The van der Waals surface area contributed by atoms with Crippen LogP contribution >= 0.6 is 23.4 Å². The molecular formula is C26H24ClN3O2S. The summed E-state index contributed by atoms with van der Waals surface area (Å²) in [5.74, 6) is -0.00151. The minimum Gasteiger partial charge on any atom is -0.325 e. The zero-order valence-electron chi connectivity index (χ0n) is 18.5. The lowest BCUT2D eigenvalue weighted by Crippen LogP contribution is -2.25. The lowest BCUT2D eigenvalue weighted by atomic mass is 10.1. The van der Waals surface area contributed by atoms with Gasteiger partial charge in [-0.3, -0.25) is 14.2 Å². The topological polar surface area (TPSA) is 64.0 Å². The number of amides is 1. The highest BCUT2D eigenvalue weighted by molar-refractivity contribution is 7.99. The zero-order chi connectivity index (χ0) is 23.4. The second-order valence-corrected chi connectivity index (χ2v) is 9.11. The molecule has 4 aromatic rings. The number of nitrogens with one attached hydrogen (secondary N) is 1. The fourth-order valence-corrected chi connectivity index (χ4v) is 4.73. The lowest BCUT2D eigenvalue weighted by Gasteiger charge is -2.15. The van der Waals surface area contributed by atoms with Crippen LogP contribution in [-0.4, -0.2) is 21.2 Å². The number of para-hydroxylation sites is 2. The number of rotatable bonds is 7. The van der Waals surface area contributed by atoms with E-state index >= 15 is 0 Å². The molecule has 0 saturated heterocycles. The number of aryl methyl sites for hydroxylation is 2. The van der Waals surface area contributed by atoms with Crippen molar-refractivity contribution in [3.8, 4) is 0 Å². The molecule has 1 heterocycles. The van der Waals surface area contributed by atoms with Crippen molar-refractivity contribution in [3.05, 3.63) is 98.8 Å². The number of carbonyl (C=O) groups is 1. The second kappa shape index (κ2) is 10.2. The number of benzene rings is 3. The van der Waals surface area contributed by atoms with Gasteiger partial charge in [0.05, 0.1) is 23.2 Å². The zero-order valence-corrected chi connectivity index (χ0v) is 20.0. The van der Waals surface area contributed by atoms with Gasteiger partial charge in [0.15, 0.2) is 5.16 Å². The number of hydrogen-bond donors (Lipinski definition) is 1. The molecule has 0 aliphatic rings. The minimum atomic E-state index is -0.143. The first-order valence-electron chi connectivity index (χ1n) is 10.7. The summed E-state index contributed by atoms with van der Waals surface area (Å²) in [6.45, 7) is 4.36. The molecule has 0 aliphatic heterocycles. The van der Waals surface area contributed by atoms with Crippen LogP contribution in [0.15, 0.2) is 76.7 Å². The molecule has 0 bridgehead atoms. The Kier molecular flexibility index (Phi) is 7.16. The maximum Gasteiger partial charge on any atom is 0.262 e. The highest BCUT2D eigenvalue weighted by Crippen LogP contribution is 2.23. The summed E-state index contributed by atoms with van der Waals surface area (Å²) in [5.41, 5.74) is 4.33. The van der Waals surface area contributed by atoms with Crippen LogP contribution in [0.1, 0.15) is 23.6 Å². The third kappa shape index (κ3) is 5.29. The fourth-order valence-electron chi connectivity index (χ4n) is 3.72. The van der Waals surface area contributed by atoms with Gasteiger partial charge in [0.1, 0.15) is 0 Å². The van der Waals surface area contributed by atoms with Crippen LogP contribution in [0.2, 0.25) is 5.02 Å². The summed E-state index contributed by atoms with van der Waals surface area (Å²) in [4.78, 5) is 30.8. The number of nitrogens with zero attached hydrogens (tertiary/aromatic N) is 2. The van der Waals surface area contributed by atoms with Gasteiger partial charge in [-0.15, -0.1) is 0 Å². The molecule has 0 aliphatic carbocycles. The summed E-state index contributed by atoms with van der Waals surface area (Å²) in [7, 11) is 0. The number of halogens is 1. The van der Waals surface area contributed by atoms with Gasteiger partial charge in [0.2, 0.25) is 5.91 Å². The van der Waals surface area contributed by atoms with E-state index in [9.17, 15) is 9.59 Å². The maximum atomic E-state index is 13.3. The van der Waals surface area contributed by atoms with Crippen LogP contribution in [0.3, 0.4) is 0 Å². The molecule has 4 rings (SSSR count). The second-order valence-electron chi connectivity index (χ2n) is 7.73. The van der Waals surface area contributed by atoms with E-state index in [0.717, 1.165) is 28.8 Å². The predicted molar refractivity (Wildman–Crippen MR) is 136 cm³/mol. The third-order valence-corrected chi connectivity index (χ3v) is 6.60. The van der Waals surface area contributed by atoms with E-state index in [2.05, 4.69) is 12.2 Å². The average Bonchev–Trinajstić information content (AvgIpc) is 2.81. The average molecular weight is 478 g/mol. The Bertz CT molecular complexity index is 1380. The SMILES string of the molecule is CCc1cccc(C)c1NC(=O)CSc1nc2ccccc2c(=O)n1Cc1cccc(Cl)c1. The number of fused-ring (bicyclic) bond motifs is 1. The molecule has 0 atom stereocenters. The van der Waals surface area contributed by atoms with Gasteiger partial charge in [-0.1, -0.05) is 72.8 Å². The summed E-state index contributed by atoms with van der Waals surface area (Å²) in [6, 6.07) is 20.6. The van der Waals surface area contributed by atoms with Gasteiger partial charge in [0, 0.05) is 10.7 Å². The number of carbonyl (C=O) groups excluding carboxylic acids is 1. The highest BCUT2D eigenvalue weighted by atomic mass is 35.5. The van der Waals surface area contributed by atoms with Crippen molar-refractivity contribution in [2.75, 3.05) is 11.1 Å². The molecule has 3 aromatic carbocycles. The van der Waals surface area contributed by atoms with Gasteiger partial charge in [-0.05, 0) is 54.3 Å². The van der Waals surface area contributed by atoms with Crippen LogP contribution in [0.4, 0.5) is 5.69 Å². The molecule has 0 saturated carbocycles. The van der Waals surface area contributed by atoms with E-state index in [1.807, 2.05) is 61.5 Å². The molecule has 0 unspecified atom stereocenters. The maximum absolute atomic E-state index is 13.3. The number of hydrogen-bond acceptors (Lipinski definition) is 4. The highest BCUT2D eigenvalue weighted by Gasteiger charge is 2.15. The molecule has 0 spiro atoms. The quantitative estimate of drug-likeness (QED) is 0.274. The van der Waals surface area contributed by atoms with Crippen molar-refractivity contribution < 1.29 is 4.79 Å². The Labute approximate surface area is 201 Å². The van der Waals surface area contributed by atoms with E-state index in [1.165, 1.54) is 11.8 Å². The van der Waals surface area contributed by atoms with E-state index in [1.54, 1.807) is 16.7 Å². The fraction of sp³-hybridized carbons (Fsp3) is 0.192. The molecule has 5 nitrogen and oxygen atoms in total. The summed E-state index contributed by atoms with van der Waals surface area (Å²) in [6.07, 6.45) is 0.829. The minimum absolute atomic E-state index is 0.137. The van der Waals surface area contributed by atoms with Crippen LogP contribution in [0.5, 0.6) is 0 Å². The van der Waals surface area contributed by atoms with Crippen molar-refractivity contribution in [1.82, 2.24) is 9.55 Å². The van der Waals surface area contributed by atoms with E-state index < -0.39 is 0 Å². The van der Waals surface area contributed by atoms with Gasteiger partial charge in [-0.2, -0.15) is 0 Å². The molecule has 0 radical (unpaired) electrons. The van der Waals surface area contributed by atoms with Crippen LogP contribution < -0.4 is 10.9 Å². The summed E-state index contributed by atoms with van der Waals surface area (Å²) < 4.78 is 1.61. The number of aromatic nitrogens is 2. The Morgan fingerprint density at radius 3 is 2.67 bits per heavy atom. The van der Waals surface area contributed by atoms with Crippen molar-refractivity contribution in [2.24, 2.45) is 0 Å². The van der Waals surface area contributed by atoms with Crippen LogP contribution in [0.25, 0.3) is 10.9 Å². The van der Waals surface area contributed by atoms with Crippen LogP contribution in [0, 0.1) is 6.92 Å². The molecule has 33 heavy (non-hydrogen) atoms. The van der Waals surface area contributed by atoms with Gasteiger partial charge in [0.25, 0.3) is 5.56 Å². The summed E-state index contributed by atoms with van der Waals surface area (Å²) >= 11 is 7.39. The monoisotopic (exact) mass is 477 g/mol. The van der Waals surface area contributed by atoms with E-state index in [0.29, 0.717) is 27.6 Å². The smallest absolute Gasteiger partial charge is 0.262 e. The molecule has 1 aromatic heterocycles. The normalized spacial score (nSPS) is 11.0. The molecule has 1 N–H and O–H groups in total. The molecule has 1 amide bonds. The Morgan fingerprint density at radius 2 is 1.88 bits per heavy atom. The predicted octanol–water partition coefficient (Wildman–Crippen LogP) is 5.70. The van der Waals surface area contributed by atoms with Crippen molar-refractivity contribution in [1.29, 1.82) is 0 Å². The Hall–Kier alpha value is -3.09. The summed E-state index contributed by atoms with van der Waals surface area (Å²) in [5, 5.41) is 4.68. The van der Waals surface area contributed by atoms with Gasteiger partial charge >= 0.3 is 0 Å². The van der Waals surface area contributed by atoms with Gasteiger partial charge < -0.3 is 5.32 Å². The first-order valence-corrected chi connectivity index (χ1v) is 12.1. The lowest BCUT2D eigenvalue weighted by molar-refractivity contribution is -0.113. The first-order chi connectivity index (χ1) is 16.0. The number of thioether (sulfide) groups is 1. The van der Waals surface area contributed by atoms with Crippen molar-refractivity contribution in [3.63, 3.8) is 0 Å². The van der Waals surface area contributed by atoms with E-state index in [-0.39, 0.29) is 17.2 Å². The molecule has 7 heteroatoms. The van der Waals surface area contributed by atoms with Crippen LogP contribution in [-0.2, 0) is 17.8 Å². The van der Waals surface area contributed by atoms with Crippen molar-refractivity contribution >= 4 is 45.9 Å². The Morgan fingerprint density at radius 1 is 1.09 bits per heavy atom. The Balaban J connectivity index is 1.63. The molecule has 168 valence electrons. The largest absolute Gasteiger partial charge is 0.325 e. The molecule has 0 fully saturated rings. The first kappa shape index (κ1) is 23.1. The third-order valence-electron chi connectivity index (χ3n) is 5.39. The molecular weight excluding hydrogens is 454 g/mol. The van der Waals surface area contributed by atoms with E-state index in [4.69, 9.17) is 16.6 Å². The van der Waals surface area contributed by atoms with Gasteiger partial charge in [-0.25, -0.2) is 4.98 Å². The van der Waals surface area contributed by atoms with Crippen molar-refractivity contribution in [2.45, 2.75) is 32.0 Å².